The minimum absolute atomic E-state index is 0.118. The van der Waals surface area contributed by atoms with E-state index >= 15 is 0 Å². The summed E-state index contributed by atoms with van der Waals surface area (Å²) >= 11 is 6.15. The Kier molecular flexibility index (Phi) is 6.42. The molecule has 0 spiro atoms. The molecule has 8 nitrogen and oxygen atoms in total. The predicted octanol–water partition coefficient (Wildman–Crippen LogP) is 3.91. The van der Waals surface area contributed by atoms with Crippen molar-refractivity contribution in [3.63, 3.8) is 0 Å². The molecule has 1 aromatic carbocycles. The maximum Gasteiger partial charge on any atom is 0.493 e. The van der Waals surface area contributed by atoms with E-state index in [4.69, 9.17) is 11.6 Å². The van der Waals surface area contributed by atoms with Crippen LogP contribution in [0.5, 0.6) is 0 Å². The van der Waals surface area contributed by atoms with Crippen LogP contribution in [0.4, 0.5) is 37.8 Å². The number of hydrogen-bond acceptors (Lipinski definition) is 7. The number of rotatable bonds is 4. The number of carbonyl (C=O) groups is 1. The molecule has 4 rings (SSSR count). The molecule has 188 valence electrons. The minimum Gasteiger partial charge on any atom is -0.367 e. The largest absolute Gasteiger partial charge is 0.493 e. The van der Waals surface area contributed by atoms with Crippen LogP contribution >= 0.6 is 11.6 Å². The molecular formula is C20H17ClF6N6O2. The van der Waals surface area contributed by atoms with E-state index in [0.717, 1.165) is 18.5 Å². The Morgan fingerprint density at radius 1 is 1.06 bits per heavy atom. The Hall–Kier alpha value is -3.29. The van der Waals surface area contributed by atoms with Crippen molar-refractivity contribution in [1.29, 1.82) is 0 Å². The third-order valence-electron chi connectivity index (χ3n) is 5.42. The van der Waals surface area contributed by atoms with Crippen LogP contribution in [0.2, 0.25) is 5.02 Å². The van der Waals surface area contributed by atoms with Gasteiger partial charge in [0.25, 0.3) is 0 Å². The van der Waals surface area contributed by atoms with Gasteiger partial charge in [-0.3, -0.25) is 0 Å². The zero-order valence-corrected chi connectivity index (χ0v) is 18.7. The maximum atomic E-state index is 13.1. The second-order valence-electron chi connectivity index (χ2n) is 7.58. The fourth-order valence-electron chi connectivity index (χ4n) is 3.75. The predicted molar refractivity (Wildman–Crippen MR) is 113 cm³/mol. The molecule has 1 saturated heterocycles. The number of nitrogens with zero attached hydrogens (tertiary/aromatic N) is 6. The van der Waals surface area contributed by atoms with E-state index < -0.39 is 23.9 Å². The van der Waals surface area contributed by atoms with Gasteiger partial charge >= 0.3 is 18.3 Å². The summed E-state index contributed by atoms with van der Waals surface area (Å²) in [5.74, 6) is -2.09. The van der Waals surface area contributed by atoms with Gasteiger partial charge in [0.05, 0.1) is 27.4 Å². The van der Waals surface area contributed by atoms with E-state index in [0.29, 0.717) is 47.9 Å². The van der Waals surface area contributed by atoms with Gasteiger partial charge < -0.3 is 14.6 Å². The van der Waals surface area contributed by atoms with Gasteiger partial charge in [-0.1, -0.05) is 23.4 Å². The van der Waals surface area contributed by atoms with Gasteiger partial charge in [0.2, 0.25) is 5.65 Å². The van der Waals surface area contributed by atoms with Crippen LogP contribution in [0.15, 0.2) is 24.5 Å². The molecule has 0 unspecified atom stereocenters. The van der Waals surface area contributed by atoms with Crippen LogP contribution in [0.3, 0.4) is 0 Å². The van der Waals surface area contributed by atoms with Crippen molar-refractivity contribution in [2.75, 3.05) is 36.0 Å². The average molecular weight is 523 g/mol. The lowest BCUT2D eigenvalue weighted by Gasteiger charge is -2.37. The Bertz CT molecular complexity index is 1250. The molecule has 1 aliphatic heterocycles. The molecule has 0 aliphatic carbocycles. The first-order chi connectivity index (χ1) is 16.4. The van der Waals surface area contributed by atoms with Crippen LogP contribution in [0, 0.1) is 0 Å². The fourth-order valence-corrected chi connectivity index (χ4v) is 3.99. The molecule has 1 aliphatic rings. The van der Waals surface area contributed by atoms with Crippen molar-refractivity contribution < 1.29 is 36.0 Å². The number of anilines is 2. The summed E-state index contributed by atoms with van der Waals surface area (Å²) in [6, 6.07) is 3.11. The molecule has 0 saturated carbocycles. The Labute approximate surface area is 199 Å². The molecule has 15 heteroatoms. The number of alkyl halides is 6. The maximum absolute atomic E-state index is 13.1. The smallest absolute Gasteiger partial charge is 0.367 e. The zero-order valence-electron chi connectivity index (χ0n) is 18.0. The SMILES string of the molecule is CCc1nn(OC(=O)C(F)(F)F)c2ncnc(N3CCN(c4cc(C(F)(F)F)ccc4Cl)CC3)c12. The van der Waals surface area contributed by atoms with E-state index in [1.807, 2.05) is 0 Å². The molecule has 0 amide bonds. The molecule has 3 aromatic rings. The van der Waals surface area contributed by atoms with E-state index in [9.17, 15) is 31.1 Å². The molecule has 0 atom stereocenters. The normalized spacial score (nSPS) is 15.1. The number of piperazine rings is 1. The van der Waals surface area contributed by atoms with Gasteiger partial charge in [0, 0.05) is 26.2 Å². The summed E-state index contributed by atoms with van der Waals surface area (Å²) in [6.07, 6.45) is -8.35. The van der Waals surface area contributed by atoms with Gasteiger partial charge in [0.15, 0.2) is 0 Å². The Morgan fingerprint density at radius 2 is 1.71 bits per heavy atom. The van der Waals surface area contributed by atoms with Gasteiger partial charge in [0.1, 0.15) is 12.1 Å². The average Bonchev–Trinajstić information content (AvgIpc) is 3.16. The highest BCUT2D eigenvalue weighted by Crippen LogP contribution is 2.36. The number of aryl methyl sites for hydroxylation is 1. The monoisotopic (exact) mass is 522 g/mol. The first-order valence-corrected chi connectivity index (χ1v) is 10.7. The van der Waals surface area contributed by atoms with Crippen molar-refractivity contribution in [2.24, 2.45) is 0 Å². The minimum atomic E-state index is -5.22. The Morgan fingerprint density at radius 3 is 2.31 bits per heavy atom. The summed E-state index contributed by atoms with van der Waals surface area (Å²) in [5, 5.41) is 4.43. The quantitative estimate of drug-likeness (QED) is 0.481. The number of fused-ring (bicyclic) bond motifs is 1. The van der Waals surface area contributed by atoms with Gasteiger partial charge in [-0.25, -0.2) is 14.8 Å². The molecule has 35 heavy (non-hydrogen) atoms. The fraction of sp³-hybridized carbons (Fsp3) is 0.400. The third kappa shape index (κ3) is 4.92. The van der Waals surface area contributed by atoms with Crippen LogP contribution in [0.1, 0.15) is 18.2 Å². The number of carbonyl (C=O) groups excluding carboxylic acids is 1. The molecule has 1 fully saturated rings. The summed E-state index contributed by atoms with van der Waals surface area (Å²) < 4.78 is 77.4. The van der Waals surface area contributed by atoms with E-state index in [1.165, 1.54) is 6.07 Å². The highest BCUT2D eigenvalue weighted by molar-refractivity contribution is 6.33. The zero-order chi connectivity index (χ0) is 25.5. The highest BCUT2D eigenvalue weighted by atomic mass is 35.5. The van der Waals surface area contributed by atoms with E-state index in [1.54, 1.807) is 16.7 Å². The standard InChI is InChI=1S/C20H17ClF6N6O2/c1-2-13-15-16(28-10-29-17(15)33(30-13)35-18(34)20(25,26)27)32-7-5-31(6-8-32)14-9-11(19(22,23)24)3-4-12(14)21/h3-4,9-10H,2,5-8H2,1H3. The first-order valence-electron chi connectivity index (χ1n) is 10.3. The first kappa shape index (κ1) is 24.8. The number of halogens is 7. The second kappa shape index (κ2) is 9.06. The summed E-state index contributed by atoms with van der Waals surface area (Å²) in [7, 11) is 0. The van der Waals surface area contributed by atoms with Gasteiger partial charge in [-0.2, -0.15) is 26.3 Å². The molecule has 0 bridgehead atoms. The lowest BCUT2D eigenvalue weighted by Crippen LogP contribution is -2.47. The van der Waals surface area contributed by atoms with Crippen molar-refractivity contribution in [2.45, 2.75) is 25.7 Å². The van der Waals surface area contributed by atoms with Crippen LogP contribution in [-0.2, 0) is 17.4 Å². The lowest BCUT2D eigenvalue weighted by atomic mass is 10.1. The number of aromatic nitrogens is 4. The van der Waals surface area contributed by atoms with E-state index in [2.05, 4.69) is 19.9 Å². The highest BCUT2D eigenvalue weighted by Gasteiger charge is 2.42. The summed E-state index contributed by atoms with van der Waals surface area (Å²) in [4.78, 5) is 27.8. The van der Waals surface area contributed by atoms with Crippen molar-refractivity contribution in [1.82, 2.24) is 19.9 Å². The second-order valence-corrected chi connectivity index (χ2v) is 7.99. The molecule has 2 aromatic heterocycles. The topological polar surface area (TPSA) is 76.4 Å². The van der Waals surface area contributed by atoms with Gasteiger partial charge in [-0.15, -0.1) is 5.10 Å². The third-order valence-corrected chi connectivity index (χ3v) is 5.74. The lowest BCUT2D eigenvalue weighted by molar-refractivity contribution is -0.200. The van der Waals surface area contributed by atoms with Crippen LogP contribution in [0.25, 0.3) is 11.0 Å². The van der Waals surface area contributed by atoms with Gasteiger partial charge in [-0.05, 0) is 24.6 Å². The van der Waals surface area contributed by atoms with E-state index in [-0.39, 0.29) is 22.8 Å². The number of hydrogen-bond donors (Lipinski definition) is 0. The molecule has 3 heterocycles. The molecule has 0 N–H and O–H groups in total. The van der Waals surface area contributed by atoms with Crippen molar-refractivity contribution >= 4 is 40.1 Å². The summed E-state index contributed by atoms with van der Waals surface area (Å²) in [5.41, 5.74) is -0.373. The van der Waals surface area contributed by atoms with Crippen molar-refractivity contribution in [3.8, 4) is 0 Å². The Balaban J connectivity index is 1.60. The molecule has 0 radical (unpaired) electrons. The van der Waals surface area contributed by atoms with Crippen LogP contribution < -0.4 is 14.6 Å². The van der Waals surface area contributed by atoms with Crippen LogP contribution in [-0.4, -0.2) is 58.2 Å². The summed E-state index contributed by atoms with van der Waals surface area (Å²) in [6.45, 7) is 2.93. The molecular weight excluding hydrogens is 506 g/mol. The number of benzene rings is 1. The van der Waals surface area contributed by atoms with Crippen molar-refractivity contribution in [3.05, 3.63) is 40.8 Å².